The van der Waals surface area contributed by atoms with Crippen LogP contribution in [0.5, 0.6) is 0 Å². The second kappa shape index (κ2) is 3.54. The molecule has 0 aromatic rings. The van der Waals surface area contributed by atoms with Gasteiger partial charge in [0.1, 0.15) is 0 Å². The van der Waals surface area contributed by atoms with Crippen LogP contribution in [0.4, 0.5) is 0 Å². The van der Waals surface area contributed by atoms with Gasteiger partial charge in [-0.3, -0.25) is 0 Å². The Kier molecular flexibility index (Phi) is 2.23. The fourth-order valence-corrected chi connectivity index (χ4v) is 7.81. The molecule has 5 rings (SSSR count). The van der Waals surface area contributed by atoms with E-state index in [1.54, 1.807) is 0 Å². The number of hydrogen-bond donors (Lipinski definition) is 0. The molecule has 0 amide bonds. The summed E-state index contributed by atoms with van der Waals surface area (Å²) in [6.45, 7) is 0. The maximum atomic E-state index is 6.24. The molecule has 3 nitrogen and oxygen atoms in total. The highest BCUT2D eigenvalue weighted by Crippen LogP contribution is 2.50. The maximum Gasteiger partial charge on any atom is 0.504 e. The zero-order valence-electron chi connectivity index (χ0n) is 9.69. The molecule has 0 unspecified atom stereocenters. The Labute approximate surface area is 97.8 Å². The molecule has 0 N–H and O–H groups in total. The van der Waals surface area contributed by atoms with E-state index in [0.29, 0.717) is 23.9 Å². The first-order chi connectivity index (χ1) is 7.84. The van der Waals surface area contributed by atoms with E-state index in [1.807, 2.05) is 0 Å². The molecule has 0 aromatic heterocycles. The van der Waals surface area contributed by atoms with Gasteiger partial charge in [0, 0.05) is 5.54 Å². The summed E-state index contributed by atoms with van der Waals surface area (Å²) >= 11 is 0. The molecule has 3 aliphatic heterocycles. The van der Waals surface area contributed by atoms with Gasteiger partial charge in [0.05, 0.1) is 18.3 Å². The van der Waals surface area contributed by atoms with Crippen LogP contribution in [0.1, 0.15) is 51.4 Å². The van der Waals surface area contributed by atoms with E-state index in [4.69, 9.17) is 13.3 Å². The SMILES string of the molecule is C1CCC([Si]23OC4CC(CC(C4)O2)O3)CC1. The fraction of sp³-hybridized carbons (Fsp3) is 1.00. The van der Waals surface area contributed by atoms with Crippen molar-refractivity contribution in [1.29, 1.82) is 0 Å². The lowest BCUT2D eigenvalue weighted by molar-refractivity contribution is -0.174. The predicted molar refractivity (Wildman–Crippen MR) is 61.1 cm³/mol. The van der Waals surface area contributed by atoms with Crippen LogP contribution in [0.15, 0.2) is 0 Å². The molecule has 5 aliphatic rings. The van der Waals surface area contributed by atoms with E-state index in [2.05, 4.69) is 0 Å². The summed E-state index contributed by atoms with van der Waals surface area (Å²) in [4.78, 5) is 0. The van der Waals surface area contributed by atoms with Gasteiger partial charge < -0.3 is 13.3 Å². The Morgan fingerprint density at radius 1 is 0.688 bits per heavy atom. The van der Waals surface area contributed by atoms with Crippen LogP contribution in [0.25, 0.3) is 0 Å². The molecular formula is C12H20O3Si. The monoisotopic (exact) mass is 240 g/mol. The van der Waals surface area contributed by atoms with Crippen molar-refractivity contribution in [2.45, 2.75) is 75.2 Å². The minimum absolute atomic E-state index is 0.472. The van der Waals surface area contributed by atoms with Crippen molar-refractivity contribution < 1.29 is 13.3 Å². The minimum Gasteiger partial charge on any atom is -0.370 e. The fourth-order valence-electron chi connectivity index (χ4n) is 3.98. The van der Waals surface area contributed by atoms with E-state index in [1.165, 1.54) is 32.1 Å². The molecule has 2 saturated carbocycles. The van der Waals surface area contributed by atoms with E-state index in [0.717, 1.165) is 19.3 Å². The second-order valence-electron chi connectivity index (χ2n) is 5.87. The molecule has 16 heavy (non-hydrogen) atoms. The van der Waals surface area contributed by atoms with Crippen LogP contribution < -0.4 is 0 Å². The van der Waals surface area contributed by atoms with Gasteiger partial charge in [-0.25, -0.2) is 0 Å². The van der Waals surface area contributed by atoms with Crippen LogP contribution in [-0.4, -0.2) is 27.1 Å². The number of rotatable bonds is 1. The van der Waals surface area contributed by atoms with Gasteiger partial charge in [-0.1, -0.05) is 19.3 Å². The molecule has 0 aromatic carbocycles. The van der Waals surface area contributed by atoms with Gasteiger partial charge in [-0.15, -0.1) is 0 Å². The Morgan fingerprint density at radius 3 is 1.69 bits per heavy atom. The van der Waals surface area contributed by atoms with Crippen LogP contribution in [0, 0.1) is 0 Å². The Morgan fingerprint density at radius 2 is 1.19 bits per heavy atom. The first-order valence-corrected chi connectivity index (χ1v) is 8.68. The third-order valence-electron chi connectivity index (χ3n) is 4.68. The summed E-state index contributed by atoms with van der Waals surface area (Å²) in [5.74, 6) is 0. The molecule has 5 fully saturated rings. The summed E-state index contributed by atoms with van der Waals surface area (Å²) in [5, 5.41) is 0. The summed E-state index contributed by atoms with van der Waals surface area (Å²) in [6, 6.07) is 0. The van der Waals surface area contributed by atoms with Crippen LogP contribution in [-0.2, 0) is 13.3 Å². The lowest BCUT2D eigenvalue weighted by Gasteiger charge is -2.56. The summed E-state index contributed by atoms with van der Waals surface area (Å²) in [5.41, 5.74) is 0.620. The predicted octanol–water partition coefficient (Wildman–Crippen LogP) is 2.63. The van der Waals surface area contributed by atoms with E-state index >= 15 is 0 Å². The molecule has 4 heteroatoms. The summed E-state index contributed by atoms with van der Waals surface area (Å²) in [7, 11) is -2.25. The van der Waals surface area contributed by atoms with Gasteiger partial charge >= 0.3 is 8.80 Å². The highest BCUT2D eigenvalue weighted by molar-refractivity contribution is 6.63. The van der Waals surface area contributed by atoms with Gasteiger partial charge in [-0.05, 0) is 32.1 Å². The van der Waals surface area contributed by atoms with Crippen molar-refractivity contribution in [1.82, 2.24) is 0 Å². The summed E-state index contributed by atoms with van der Waals surface area (Å²) in [6.07, 6.45) is 11.4. The topological polar surface area (TPSA) is 27.7 Å². The molecule has 0 radical (unpaired) electrons. The Balaban J connectivity index is 1.60. The van der Waals surface area contributed by atoms with Gasteiger partial charge in [-0.2, -0.15) is 0 Å². The molecule has 0 spiro atoms. The summed E-state index contributed by atoms with van der Waals surface area (Å²) < 4.78 is 18.7. The van der Waals surface area contributed by atoms with Crippen LogP contribution in [0.3, 0.4) is 0 Å². The van der Waals surface area contributed by atoms with E-state index < -0.39 is 8.80 Å². The molecule has 4 bridgehead atoms. The highest BCUT2D eigenvalue weighted by atomic mass is 28.4. The average Bonchev–Trinajstić information content (AvgIpc) is 2.28. The Hall–Kier alpha value is 0.0969. The van der Waals surface area contributed by atoms with E-state index in [-0.39, 0.29) is 0 Å². The molecular weight excluding hydrogens is 220 g/mol. The van der Waals surface area contributed by atoms with Gasteiger partial charge in [0.2, 0.25) is 0 Å². The van der Waals surface area contributed by atoms with E-state index in [9.17, 15) is 0 Å². The molecule has 3 heterocycles. The quantitative estimate of drug-likeness (QED) is 0.659. The highest BCUT2D eigenvalue weighted by Gasteiger charge is 2.62. The first kappa shape index (κ1) is 10.1. The van der Waals surface area contributed by atoms with Crippen molar-refractivity contribution in [2.75, 3.05) is 0 Å². The zero-order chi connectivity index (χ0) is 10.6. The van der Waals surface area contributed by atoms with Gasteiger partial charge in [0.15, 0.2) is 0 Å². The standard InChI is InChI=1S/C12H20O3Si/c1-2-4-12(5-3-1)16-13-9-6-10(14-16)8-11(7-9)15-16/h9-12H,1-8H2. The lowest BCUT2D eigenvalue weighted by atomic mass is 9.93. The molecule has 2 aliphatic carbocycles. The molecule has 3 saturated heterocycles. The van der Waals surface area contributed by atoms with Crippen LogP contribution in [0.2, 0.25) is 5.54 Å². The van der Waals surface area contributed by atoms with Crippen molar-refractivity contribution in [3.8, 4) is 0 Å². The zero-order valence-corrected chi connectivity index (χ0v) is 10.7. The molecule has 90 valence electrons. The third kappa shape index (κ3) is 1.43. The van der Waals surface area contributed by atoms with Gasteiger partial charge in [0.25, 0.3) is 0 Å². The van der Waals surface area contributed by atoms with Crippen molar-refractivity contribution >= 4 is 8.80 Å². The lowest BCUT2D eigenvalue weighted by Crippen LogP contribution is -2.68. The maximum absolute atomic E-state index is 6.24. The van der Waals surface area contributed by atoms with Crippen molar-refractivity contribution in [2.24, 2.45) is 0 Å². The largest absolute Gasteiger partial charge is 0.504 e. The van der Waals surface area contributed by atoms with Crippen LogP contribution >= 0.6 is 0 Å². The minimum atomic E-state index is -2.25. The third-order valence-corrected chi connectivity index (χ3v) is 8.24. The smallest absolute Gasteiger partial charge is 0.370 e. The van der Waals surface area contributed by atoms with Crippen molar-refractivity contribution in [3.05, 3.63) is 0 Å². The van der Waals surface area contributed by atoms with Crippen molar-refractivity contribution in [3.63, 3.8) is 0 Å². The molecule has 0 atom stereocenters. The second-order valence-corrected chi connectivity index (χ2v) is 8.60. The first-order valence-electron chi connectivity index (χ1n) is 6.87. The normalized spacial score (nSPS) is 52.1. The average molecular weight is 240 g/mol. The number of hydrogen-bond acceptors (Lipinski definition) is 3. The Bertz CT molecular complexity index is 253.